The van der Waals surface area contributed by atoms with E-state index in [0.717, 1.165) is 34.4 Å². The molecule has 2 N–H and O–H groups in total. The maximum Gasteiger partial charge on any atom is 0.272 e. The summed E-state index contributed by atoms with van der Waals surface area (Å²) >= 11 is 0. The molecule has 2 aromatic rings. The second-order valence-corrected chi connectivity index (χ2v) is 6.01. The molecule has 0 saturated heterocycles. The third kappa shape index (κ3) is 4.80. The Morgan fingerprint density at radius 3 is 2.32 bits per heavy atom. The summed E-state index contributed by atoms with van der Waals surface area (Å²) in [5, 5.41) is 5.60. The predicted octanol–water partition coefficient (Wildman–Crippen LogP) is 3.98. The van der Waals surface area contributed by atoms with Crippen molar-refractivity contribution in [3.8, 4) is 0 Å². The van der Waals surface area contributed by atoms with Crippen molar-refractivity contribution in [3.05, 3.63) is 70.4 Å². The maximum absolute atomic E-state index is 12.8. The molecule has 0 bridgehead atoms. The summed E-state index contributed by atoms with van der Waals surface area (Å²) in [6.45, 7) is 7.36. The van der Waals surface area contributed by atoms with Crippen LogP contribution in [0, 0.1) is 13.8 Å². The lowest BCUT2D eigenvalue weighted by Crippen LogP contribution is -2.29. The van der Waals surface area contributed by atoms with Crippen LogP contribution in [0.4, 0.5) is 5.69 Å². The van der Waals surface area contributed by atoms with E-state index in [-0.39, 0.29) is 17.5 Å². The van der Waals surface area contributed by atoms with Gasteiger partial charge in [-0.25, -0.2) is 0 Å². The van der Waals surface area contributed by atoms with E-state index >= 15 is 0 Å². The quantitative estimate of drug-likeness (QED) is 0.811. The van der Waals surface area contributed by atoms with Gasteiger partial charge in [0.15, 0.2) is 0 Å². The normalized spacial score (nSPS) is 11.1. The first-order chi connectivity index (χ1) is 11.9. The van der Waals surface area contributed by atoms with E-state index in [1.54, 1.807) is 6.08 Å². The summed E-state index contributed by atoms with van der Waals surface area (Å²) in [6.07, 6.45) is 2.52. The Balaban J connectivity index is 2.38. The molecule has 0 aliphatic heterocycles. The standard InChI is InChI=1S/C21H24N2O2/c1-5-17-12-8-10-15(3)20(17)23-21(25)19(22-16(4)24)13-18-11-7-6-9-14(18)2/h6-13H,5H2,1-4H3,(H,22,24)(H,23,25). The van der Waals surface area contributed by atoms with E-state index in [0.29, 0.717) is 0 Å². The largest absolute Gasteiger partial charge is 0.322 e. The van der Waals surface area contributed by atoms with Crippen LogP contribution in [-0.2, 0) is 16.0 Å². The number of hydrogen-bond acceptors (Lipinski definition) is 2. The molecular weight excluding hydrogens is 312 g/mol. The lowest BCUT2D eigenvalue weighted by Gasteiger charge is -2.15. The molecule has 0 aromatic heterocycles. The van der Waals surface area contributed by atoms with Gasteiger partial charge in [-0.15, -0.1) is 0 Å². The van der Waals surface area contributed by atoms with Crippen molar-refractivity contribution in [2.45, 2.75) is 34.1 Å². The number of carbonyl (C=O) groups is 2. The predicted molar refractivity (Wildman–Crippen MR) is 102 cm³/mol. The van der Waals surface area contributed by atoms with Crippen LogP contribution in [0.5, 0.6) is 0 Å². The SMILES string of the molecule is CCc1cccc(C)c1NC(=O)C(=Cc1ccccc1C)NC(C)=O. The molecule has 0 fully saturated rings. The van der Waals surface area contributed by atoms with Crippen molar-refractivity contribution in [2.24, 2.45) is 0 Å². The summed E-state index contributed by atoms with van der Waals surface area (Å²) in [5.74, 6) is -0.613. The van der Waals surface area contributed by atoms with Gasteiger partial charge in [0.05, 0.1) is 0 Å². The van der Waals surface area contributed by atoms with Gasteiger partial charge in [-0.2, -0.15) is 0 Å². The van der Waals surface area contributed by atoms with Crippen LogP contribution in [-0.4, -0.2) is 11.8 Å². The van der Waals surface area contributed by atoms with Crippen LogP contribution in [0.3, 0.4) is 0 Å². The van der Waals surface area contributed by atoms with Crippen LogP contribution >= 0.6 is 0 Å². The van der Waals surface area contributed by atoms with Gasteiger partial charge in [-0.05, 0) is 48.6 Å². The number of amides is 2. The zero-order chi connectivity index (χ0) is 18.4. The maximum atomic E-state index is 12.8. The lowest BCUT2D eigenvalue weighted by molar-refractivity contribution is -0.120. The molecule has 0 radical (unpaired) electrons. The van der Waals surface area contributed by atoms with Gasteiger partial charge in [-0.1, -0.05) is 49.4 Å². The van der Waals surface area contributed by atoms with Crippen molar-refractivity contribution in [1.29, 1.82) is 0 Å². The van der Waals surface area contributed by atoms with Gasteiger partial charge in [0.2, 0.25) is 5.91 Å². The van der Waals surface area contributed by atoms with Crippen molar-refractivity contribution >= 4 is 23.6 Å². The third-order valence-electron chi connectivity index (χ3n) is 4.02. The van der Waals surface area contributed by atoms with Gasteiger partial charge < -0.3 is 10.6 Å². The monoisotopic (exact) mass is 336 g/mol. The van der Waals surface area contributed by atoms with E-state index in [1.807, 2.05) is 63.2 Å². The first-order valence-corrected chi connectivity index (χ1v) is 8.37. The minimum atomic E-state index is -0.331. The summed E-state index contributed by atoms with van der Waals surface area (Å²) in [4.78, 5) is 24.3. The van der Waals surface area contributed by atoms with E-state index in [9.17, 15) is 9.59 Å². The van der Waals surface area contributed by atoms with Crippen LogP contribution in [0.25, 0.3) is 6.08 Å². The van der Waals surface area contributed by atoms with Gasteiger partial charge in [0.1, 0.15) is 5.70 Å². The highest BCUT2D eigenvalue weighted by Gasteiger charge is 2.15. The van der Waals surface area contributed by atoms with Gasteiger partial charge in [0, 0.05) is 12.6 Å². The minimum Gasteiger partial charge on any atom is -0.322 e. The fourth-order valence-corrected chi connectivity index (χ4v) is 2.64. The molecule has 0 atom stereocenters. The molecule has 0 aliphatic rings. The molecular formula is C21H24N2O2. The third-order valence-corrected chi connectivity index (χ3v) is 4.02. The molecule has 2 amide bonds. The molecule has 0 saturated carbocycles. The Kier molecular flexibility index (Phi) is 6.12. The number of rotatable bonds is 5. The molecule has 25 heavy (non-hydrogen) atoms. The van der Waals surface area contributed by atoms with E-state index in [2.05, 4.69) is 10.6 Å². The Bertz CT molecular complexity index is 822. The molecule has 130 valence electrons. The van der Waals surface area contributed by atoms with Crippen molar-refractivity contribution in [3.63, 3.8) is 0 Å². The molecule has 2 aromatic carbocycles. The molecule has 2 rings (SSSR count). The average Bonchev–Trinajstić information content (AvgIpc) is 2.57. The average molecular weight is 336 g/mol. The summed E-state index contributed by atoms with van der Waals surface area (Å²) in [7, 11) is 0. The number of anilines is 1. The number of aryl methyl sites for hydroxylation is 3. The summed E-state index contributed by atoms with van der Waals surface area (Å²) in [6, 6.07) is 13.6. The highest BCUT2D eigenvalue weighted by Crippen LogP contribution is 2.22. The Hall–Kier alpha value is -2.88. The van der Waals surface area contributed by atoms with Gasteiger partial charge >= 0.3 is 0 Å². The molecule has 0 aliphatic carbocycles. The molecule has 0 heterocycles. The van der Waals surface area contributed by atoms with Crippen molar-refractivity contribution in [2.75, 3.05) is 5.32 Å². The topological polar surface area (TPSA) is 58.2 Å². The second-order valence-electron chi connectivity index (χ2n) is 6.01. The molecule has 4 heteroatoms. The summed E-state index contributed by atoms with van der Waals surface area (Å²) in [5.41, 5.74) is 5.01. The van der Waals surface area contributed by atoms with Crippen molar-refractivity contribution < 1.29 is 9.59 Å². The number of nitrogens with one attached hydrogen (secondary N) is 2. The fraction of sp³-hybridized carbons (Fsp3) is 0.238. The first-order valence-electron chi connectivity index (χ1n) is 8.37. The van der Waals surface area contributed by atoms with Gasteiger partial charge in [-0.3, -0.25) is 9.59 Å². The van der Waals surface area contributed by atoms with Gasteiger partial charge in [0.25, 0.3) is 5.91 Å². The number of benzene rings is 2. The smallest absolute Gasteiger partial charge is 0.272 e. The van der Waals surface area contributed by atoms with Crippen LogP contribution in [0.1, 0.15) is 36.1 Å². The van der Waals surface area contributed by atoms with E-state index in [4.69, 9.17) is 0 Å². The first kappa shape index (κ1) is 18.5. The number of para-hydroxylation sites is 1. The second kappa shape index (κ2) is 8.29. The molecule has 0 unspecified atom stereocenters. The Morgan fingerprint density at radius 2 is 1.68 bits per heavy atom. The Morgan fingerprint density at radius 1 is 1.00 bits per heavy atom. The highest BCUT2D eigenvalue weighted by molar-refractivity contribution is 6.09. The van der Waals surface area contributed by atoms with Crippen LogP contribution < -0.4 is 10.6 Å². The minimum absolute atomic E-state index is 0.229. The Labute approximate surface area is 149 Å². The zero-order valence-electron chi connectivity index (χ0n) is 15.1. The van der Waals surface area contributed by atoms with E-state index < -0.39 is 0 Å². The molecule has 4 nitrogen and oxygen atoms in total. The van der Waals surface area contributed by atoms with Crippen LogP contribution in [0.15, 0.2) is 48.2 Å². The highest BCUT2D eigenvalue weighted by atomic mass is 16.2. The van der Waals surface area contributed by atoms with Crippen molar-refractivity contribution in [1.82, 2.24) is 5.32 Å². The molecule has 0 spiro atoms. The lowest BCUT2D eigenvalue weighted by atomic mass is 10.1. The zero-order valence-corrected chi connectivity index (χ0v) is 15.1. The number of hydrogen-bond donors (Lipinski definition) is 2. The fourth-order valence-electron chi connectivity index (χ4n) is 2.64. The summed E-state index contributed by atoms with van der Waals surface area (Å²) < 4.78 is 0. The number of carbonyl (C=O) groups excluding carboxylic acids is 2. The van der Waals surface area contributed by atoms with E-state index in [1.165, 1.54) is 6.92 Å². The van der Waals surface area contributed by atoms with Crippen LogP contribution in [0.2, 0.25) is 0 Å².